The first-order valence-electron chi connectivity index (χ1n) is 4.59. The summed E-state index contributed by atoms with van der Waals surface area (Å²) < 4.78 is 16.1. The van der Waals surface area contributed by atoms with Crippen LogP contribution in [0.25, 0.3) is 0 Å². The van der Waals surface area contributed by atoms with E-state index in [2.05, 4.69) is 0 Å². The largest absolute Gasteiger partial charge is 0.457 e. The van der Waals surface area contributed by atoms with Crippen LogP contribution >= 0.6 is 0 Å². The van der Waals surface area contributed by atoms with Crippen molar-refractivity contribution in [2.24, 2.45) is 0 Å². The molecule has 2 aliphatic rings. The standard InChI is InChI=1S/C9H14O4/c1-4-5-6-7(8(10)11-5)13-9(2,3)12-6/h5-7H,4H2,1-3H3/t5-,6-,7?/m1/s1. The topological polar surface area (TPSA) is 44.8 Å². The Morgan fingerprint density at radius 2 is 2.08 bits per heavy atom. The molecule has 0 radical (unpaired) electrons. The predicted octanol–water partition coefficient (Wildman–Crippen LogP) is 0.842. The Kier molecular flexibility index (Phi) is 1.85. The summed E-state index contributed by atoms with van der Waals surface area (Å²) >= 11 is 0. The van der Waals surface area contributed by atoms with Crippen LogP contribution in [0.4, 0.5) is 0 Å². The van der Waals surface area contributed by atoms with Crippen molar-refractivity contribution in [2.75, 3.05) is 0 Å². The van der Waals surface area contributed by atoms with Crippen molar-refractivity contribution in [1.29, 1.82) is 0 Å². The Bertz CT molecular complexity index is 236. The number of carbonyl (C=O) groups excluding carboxylic acids is 1. The molecule has 2 saturated heterocycles. The number of esters is 1. The lowest BCUT2D eigenvalue weighted by Crippen LogP contribution is -2.28. The van der Waals surface area contributed by atoms with Crippen molar-refractivity contribution in [3.8, 4) is 0 Å². The van der Waals surface area contributed by atoms with Crippen LogP contribution in [0, 0.1) is 0 Å². The predicted molar refractivity (Wildman–Crippen MR) is 44.0 cm³/mol. The van der Waals surface area contributed by atoms with E-state index in [4.69, 9.17) is 14.2 Å². The first kappa shape index (κ1) is 8.97. The Morgan fingerprint density at radius 1 is 1.38 bits per heavy atom. The fourth-order valence-corrected chi connectivity index (χ4v) is 1.84. The van der Waals surface area contributed by atoms with Crippen LogP contribution in [0.2, 0.25) is 0 Å². The van der Waals surface area contributed by atoms with E-state index in [0.717, 1.165) is 6.42 Å². The summed E-state index contributed by atoms with van der Waals surface area (Å²) in [4.78, 5) is 11.3. The maximum absolute atomic E-state index is 11.3. The van der Waals surface area contributed by atoms with Crippen molar-refractivity contribution in [1.82, 2.24) is 0 Å². The molecule has 13 heavy (non-hydrogen) atoms. The highest BCUT2D eigenvalue weighted by Crippen LogP contribution is 2.36. The van der Waals surface area contributed by atoms with Crippen molar-refractivity contribution < 1.29 is 19.0 Å². The van der Waals surface area contributed by atoms with Crippen molar-refractivity contribution in [2.45, 2.75) is 51.3 Å². The smallest absolute Gasteiger partial charge is 0.338 e. The van der Waals surface area contributed by atoms with Gasteiger partial charge in [0.1, 0.15) is 12.2 Å². The minimum atomic E-state index is -0.651. The first-order chi connectivity index (χ1) is 6.03. The van der Waals surface area contributed by atoms with Gasteiger partial charge in [0.25, 0.3) is 0 Å². The van der Waals surface area contributed by atoms with Crippen molar-refractivity contribution in [3.05, 3.63) is 0 Å². The van der Waals surface area contributed by atoms with Crippen LogP contribution in [-0.4, -0.2) is 30.1 Å². The zero-order valence-electron chi connectivity index (χ0n) is 8.07. The summed E-state index contributed by atoms with van der Waals surface area (Å²) in [6, 6.07) is 0. The lowest BCUT2D eigenvalue weighted by molar-refractivity contribution is -0.186. The number of rotatable bonds is 1. The van der Waals surface area contributed by atoms with Crippen LogP contribution in [-0.2, 0) is 19.0 Å². The highest BCUT2D eigenvalue weighted by atomic mass is 16.8. The molecule has 74 valence electrons. The molecule has 0 spiro atoms. The molecular weight excluding hydrogens is 172 g/mol. The van der Waals surface area contributed by atoms with E-state index in [0.29, 0.717) is 0 Å². The molecule has 2 heterocycles. The van der Waals surface area contributed by atoms with Gasteiger partial charge in [-0.15, -0.1) is 0 Å². The van der Waals surface area contributed by atoms with Gasteiger partial charge in [0.05, 0.1) is 0 Å². The Balaban J connectivity index is 2.17. The van der Waals surface area contributed by atoms with E-state index in [1.165, 1.54) is 0 Å². The highest BCUT2D eigenvalue weighted by Gasteiger charge is 2.55. The molecule has 2 rings (SSSR count). The Morgan fingerprint density at radius 3 is 2.69 bits per heavy atom. The number of carbonyl (C=O) groups is 1. The molecule has 0 N–H and O–H groups in total. The zero-order valence-corrected chi connectivity index (χ0v) is 8.07. The summed E-state index contributed by atoms with van der Waals surface area (Å²) in [6.07, 6.45) is -0.0986. The number of fused-ring (bicyclic) bond motifs is 1. The second-order valence-electron chi connectivity index (χ2n) is 3.90. The van der Waals surface area contributed by atoms with Gasteiger partial charge in [-0.25, -0.2) is 4.79 Å². The molecule has 3 atom stereocenters. The molecule has 0 aliphatic carbocycles. The molecule has 1 unspecified atom stereocenters. The van der Waals surface area contributed by atoms with E-state index < -0.39 is 11.9 Å². The van der Waals surface area contributed by atoms with E-state index in [9.17, 15) is 4.79 Å². The molecule has 4 heteroatoms. The Labute approximate surface area is 77.1 Å². The minimum Gasteiger partial charge on any atom is -0.457 e. The molecule has 0 bridgehead atoms. The summed E-state index contributed by atoms with van der Waals surface area (Å²) in [5, 5.41) is 0. The zero-order chi connectivity index (χ0) is 9.64. The Hall–Kier alpha value is -0.610. The third kappa shape index (κ3) is 1.34. The highest BCUT2D eigenvalue weighted by molar-refractivity contribution is 5.78. The van der Waals surface area contributed by atoms with Gasteiger partial charge in [0.2, 0.25) is 0 Å². The molecule has 0 saturated carbocycles. The molecule has 0 amide bonds. The molecule has 4 nitrogen and oxygen atoms in total. The normalized spacial score (nSPS) is 41.8. The second kappa shape index (κ2) is 2.69. The van der Waals surface area contributed by atoms with Crippen LogP contribution in [0.1, 0.15) is 27.2 Å². The number of cyclic esters (lactones) is 1. The maximum atomic E-state index is 11.3. The van der Waals surface area contributed by atoms with E-state index in [1.54, 1.807) is 0 Å². The van der Waals surface area contributed by atoms with Gasteiger partial charge in [-0.1, -0.05) is 6.92 Å². The number of hydrogen-bond donors (Lipinski definition) is 0. The summed E-state index contributed by atoms with van der Waals surface area (Å²) in [5.41, 5.74) is 0. The van der Waals surface area contributed by atoms with Crippen LogP contribution in [0.3, 0.4) is 0 Å². The van der Waals surface area contributed by atoms with Crippen LogP contribution < -0.4 is 0 Å². The molecule has 0 aromatic heterocycles. The van der Waals surface area contributed by atoms with Crippen molar-refractivity contribution in [3.63, 3.8) is 0 Å². The van der Waals surface area contributed by atoms with E-state index in [-0.39, 0.29) is 18.2 Å². The van der Waals surface area contributed by atoms with Crippen molar-refractivity contribution >= 4 is 5.97 Å². The van der Waals surface area contributed by atoms with Gasteiger partial charge in [-0.05, 0) is 20.3 Å². The van der Waals surface area contributed by atoms with E-state index >= 15 is 0 Å². The first-order valence-corrected chi connectivity index (χ1v) is 4.59. The molecule has 2 aliphatic heterocycles. The SMILES string of the molecule is CC[C@H]1OC(=O)C2OC(C)(C)O[C@@H]21. The molecular formula is C9H14O4. The molecule has 2 fully saturated rings. The van der Waals surface area contributed by atoms with Gasteiger partial charge in [0.15, 0.2) is 11.9 Å². The molecule has 0 aromatic rings. The monoisotopic (exact) mass is 186 g/mol. The van der Waals surface area contributed by atoms with Gasteiger partial charge in [-0.3, -0.25) is 0 Å². The fourth-order valence-electron chi connectivity index (χ4n) is 1.84. The lowest BCUT2D eigenvalue weighted by Gasteiger charge is -2.20. The summed E-state index contributed by atoms with van der Waals surface area (Å²) in [5.74, 6) is -0.940. The lowest BCUT2D eigenvalue weighted by atomic mass is 10.1. The summed E-state index contributed by atoms with van der Waals surface area (Å²) in [6.45, 7) is 5.59. The average Bonchev–Trinajstić information content (AvgIpc) is 2.47. The van der Waals surface area contributed by atoms with E-state index in [1.807, 2.05) is 20.8 Å². The molecule has 0 aromatic carbocycles. The van der Waals surface area contributed by atoms with Crippen LogP contribution in [0.15, 0.2) is 0 Å². The number of hydrogen-bond acceptors (Lipinski definition) is 4. The quantitative estimate of drug-likeness (QED) is 0.569. The minimum absolute atomic E-state index is 0.140. The third-order valence-electron chi connectivity index (χ3n) is 2.40. The van der Waals surface area contributed by atoms with Crippen LogP contribution in [0.5, 0.6) is 0 Å². The number of ether oxygens (including phenoxy) is 3. The fraction of sp³-hybridized carbons (Fsp3) is 0.889. The van der Waals surface area contributed by atoms with Gasteiger partial charge in [-0.2, -0.15) is 0 Å². The average molecular weight is 186 g/mol. The van der Waals surface area contributed by atoms with Gasteiger partial charge in [0, 0.05) is 0 Å². The van der Waals surface area contributed by atoms with Gasteiger partial charge < -0.3 is 14.2 Å². The third-order valence-corrected chi connectivity index (χ3v) is 2.40. The maximum Gasteiger partial charge on any atom is 0.338 e. The summed E-state index contributed by atoms with van der Waals surface area (Å²) in [7, 11) is 0. The van der Waals surface area contributed by atoms with Gasteiger partial charge >= 0.3 is 5.97 Å². The second-order valence-corrected chi connectivity index (χ2v) is 3.90.